The molecule has 114 valence electrons. The molecule has 7 nitrogen and oxygen atoms in total. The summed E-state index contributed by atoms with van der Waals surface area (Å²) in [7, 11) is 3.17. The van der Waals surface area contributed by atoms with Crippen LogP contribution >= 0.6 is 0 Å². The van der Waals surface area contributed by atoms with Crippen LogP contribution < -0.4 is 10.6 Å². The van der Waals surface area contributed by atoms with Crippen LogP contribution in [-0.4, -0.2) is 54.1 Å². The van der Waals surface area contributed by atoms with Crippen molar-refractivity contribution in [2.45, 2.75) is 38.1 Å². The van der Waals surface area contributed by atoms with Gasteiger partial charge in [0.1, 0.15) is 5.54 Å². The van der Waals surface area contributed by atoms with E-state index in [9.17, 15) is 19.5 Å². The van der Waals surface area contributed by atoms with Crippen molar-refractivity contribution in [3.05, 3.63) is 0 Å². The number of amides is 3. The fourth-order valence-corrected chi connectivity index (χ4v) is 2.46. The summed E-state index contributed by atoms with van der Waals surface area (Å²) in [5.41, 5.74) is -1.23. The van der Waals surface area contributed by atoms with Crippen molar-refractivity contribution in [1.82, 2.24) is 15.5 Å². The topological polar surface area (TPSA) is 98.7 Å². The van der Waals surface area contributed by atoms with Gasteiger partial charge in [-0.25, -0.2) is 9.59 Å². The zero-order chi connectivity index (χ0) is 15.3. The van der Waals surface area contributed by atoms with Gasteiger partial charge in [0.15, 0.2) is 0 Å². The molecule has 1 saturated carbocycles. The smallest absolute Gasteiger partial charge is 0.329 e. The van der Waals surface area contributed by atoms with Crippen molar-refractivity contribution in [3.63, 3.8) is 0 Å². The van der Waals surface area contributed by atoms with E-state index >= 15 is 0 Å². The average molecular weight is 285 g/mol. The fourth-order valence-electron chi connectivity index (χ4n) is 2.46. The Kier molecular flexibility index (Phi) is 5.35. The third-order valence-electron chi connectivity index (χ3n) is 3.92. The van der Waals surface area contributed by atoms with Crippen molar-refractivity contribution in [2.24, 2.45) is 5.92 Å². The van der Waals surface area contributed by atoms with Crippen molar-refractivity contribution in [1.29, 1.82) is 0 Å². The molecule has 0 aromatic carbocycles. The summed E-state index contributed by atoms with van der Waals surface area (Å²) in [6.07, 6.45) is 2.92. The van der Waals surface area contributed by atoms with E-state index in [0.717, 1.165) is 19.3 Å². The maximum absolute atomic E-state index is 11.8. The minimum Gasteiger partial charge on any atom is -0.479 e. The zero-order valence-corrected chi connectivity index (χ0v) is 12.2. The molecule has 0 saturated heterocycles. The van der Waals surface area contributed by atoms with Gasteiger partial charge in [-0.3, -0.25) is 4.79 Å². The minimum atomic E-state index is -1.23. The molecule has 1 rings (SSSR count). The molecule has 2 atom stereocenters. The number of hydrogen-bond acceptors (Lipinski definition) is 3. The highest BCUT2D eigenvalue weighted by Gasteiger charge is 2.46. The van der Waals surface area contributed by atoms with E-state index in [1.54, 1.807) is 14.1 Å². The number of carboxylic acid groups (broad SMARTS) is 1. The lowest BCUT2D eigenvalue weighted by Crippen LogP contribution is -2.62. The molecule has 0 aliphatic heterocycles. The largest absolute Gasteiger partial charge is 0.479 e. The molecule has 1 fully saturated rings. The number of hydrogen-bond donors (Lipinski definition) is 3. The van der Waals surface area contributed by atoms with E-state index in [-0.39, 0.29) is 18.4 Å². The summed E-state index contributed by atoms with van der Waals surface area (Å²) >= 11 is 0. The van der Waals surface area contributed by atoms with Gasteiger partial charge in [0.05, 0.1) is 6.54 Å². The molecule has 0 spiro atoms. The highest BCUT2D eigenvalue weighted by Crippen LogP contribution is 2.33. The normalized spacial score (nSPS) is 25.6. The molecule has 7 heteroatoms. The van der Waals surface area contributed by atoms with E-state index < -0.39 is 17.5 Å². The fraction of sp³-hybridized carbons (Fsp3) is 0.769. The molecule has 0 aromatic heterocycles. The van der Waals surface area contributed by atoms with Gasteiger partial charge in [0, 0.05) is 14.1 Å². The third-order valence-corrected chi connectivity index (χ3v) is 3.92. The molecule has 2 unspecified atom stereocenters. The van der Waals surface area contributed by atoms with Crippen molar-refractivity contribution < 1.29 is 19.5 Å². The standard InChI is InChI=1S/C13H23N3O4/c1-9-6-4-5-7-13(9,11(18)19)15-12(20)14-8-10(17)16(2)3/h9H,4-8H2,1-3H3,(H,18,19)(H2,14,15,20). The van der Waals surface area contributed by atoms with Gasteiger partial charge in [-0.1, -0.05) is 19.8 Å². The molecule has 0 heterocycles. The van der Waals surface area contributed by atoms with Crippen molar-refractivity contribution >= 4 is 17.9 Å². The van der Waals surface area contributed by atoms with Gasteiger partial charge in [-0.2, -0.15) is 0 Å². The Balaban J connectivity index is 2.64. The summed E-state index contributed by atoms with van der Waals surface area (Å²) in [5.74, 6) is -1.40. The van der Waals surface area contributed by atoms with Crippen LogP contribution in [0.3, 0.4) is 0 Å². The van der Waals surface area contributed by atoms with Gasteiger partial charge in [0.2, 0.25) is 5.91 Å². The number of nitrogens with one attached hydrogen (secondary N) is 2. The lowest BCUT2D eigenvalue weighted by Gasteiger charge is -2.39. The Morgan fingerprint density at radius 1 is 1.30 bits per heavy atom. The highest BCUT2D eigenvalue weighted by molar-refractivity contribution is 5.88. The Bertz CT molecular complexity index is 397. The van der Waals surface area contributed by atoms with Crippen LogP contribution in [0.15, 0.2) is 0 Å². The molecule has 1 aliphatic rings. The average Bonchev–Trinajstić information content (AvgIpc) is 2.38. The molecular formula is C13H23N3O4. The van der Waals surface area contributed by atoms with E-state index in [1.807, 2.05) is 6.92 Å². The first-order valence-electron chi connectivity index (χ1n) is 6.79. The number of likely N-dealkylation sites (N-methyl/N-ethyl adjacent to an activating group) is 1. The van der Waals surface area contributed by atoms with Crippen LogP contribution in [0.25, 0.3) is 0 Å². The lowest BCUT2D eigenvalue weighted by molar-refractivity contribution is -0.148. The number of urea groups is 1. The molecular weight excluding hydrogens is 262 g/mol. The van der Waals surface area contributed by atoms with Gasteiger partial charge in [-0.05, 0) is 18.8 Å². The van der Waals surface area contributed by atoms with E-state index in [1.165, 1.54) is 4.90 Å². The van der Waals surface area contributed by atoms with Crippen LogP contribution in [0.1, 0.15) is 32.6 Å². The number of carboxylic acids is 1. The molecule has 1 aliphatic carbocycles. The second-order valence-corrected chi connectivity index (χ2v) is 5.52. The summed E-state index contributed by atoms with van der Waals surface area (Å²) < 4.78 is 0. The van der Waals surface area contributed by atoms with Crippen LogP contribution in [0.5, 0.6) is 0 Å². The number of aliphatic carboxylic acids is 1. The first kappa shape index (κ1) is 16.3. The van der Waals surface area contributed by atoms with Crippen LogP contribution in [0.2, 0.25) is 0 Å². The first-order chi connectivity index (χ1) is 9.29. The van der Waals surface area contributed by atoms with Crippen LogP contribution in [-0.2, 0) is 9.59 Å². The molecule has 3 N–H and O–H groups in total. The monoisotopic (exact) mass is 285 g/mol. The Morgan fingerprint density at radius 2 is 1.95 bits per heavy atom. The van der Waals surface area contributed by atoms with Crippen molar-refractivity contribution in [2.75, 3.05) is 20.6 Å². The summed E-state index contributed by atoms with van der Waals surface area (Å²) in [6.45, 7) is 1.68. The second kappa shape index (κ2) is 6.58. The number of nitrogens with zero attached hydrogens (tertiary/aromatic N) is 1. The minimum absolute atomic E-state index is 0.135. The molecule has 0 radical (unpaired) electrons. The molecule has 0 aromatic rings. The maximum atomic E-state index is 11.8. The highest BCUT2D eigenvalue weighted by atomic mass is 16.4. The van der Waals surface area contributed by atoms with E-state index in [4.69, 9.17) is 0 Å². The number of carbonyl (C=O) groups is 3. The summed E-state index contributed by atoms with van der Waals surface area (Å²) in [5, 5.41) is 14.4. The predicted molar refractivity (Wildman–Crippen MR) is 73.2 cm³/mol. The predicted octanol–water partition coefficient (Wildman–Crippen LogP) is 0.407. The molecule has 3 amide bonds. The lowest BCUT2D eigenvalue weighted by atomic mass is 9.73. The van der Waals surface area contributed by atoms with Crippen LogP contribution in [0, 0.1) is 5.92 Å². The maximum Gasteiger partial charge on any atom is 0.329 e. The number of carbonyl (C=O) groups excluding carboxylic acids is 2. The van der Waals surface area contributed by atoms with Crippen molar-refractivity contribution in [3.8, 4) is 0 Å². The van der Waals surface area contributed by atoms with Crippen LogP contribution in [0.4, 0.5) is 4.79 Å². The molecule has 20 heavy (non-hydrogen) atoms. The Hall–Kier alpha value is -1.79. The zero-order valence-electron chi connectivity index (χ0n) is 12.2. The van der Waals surface area contributed by atoms with E-state index in [2.05, 4.69) is 10.6 Å². The number of rotatable bonds is 4. The quantitative estimate of drug-likeness (QED) is 0.696. The third kappa shape index (κ3) is 3.61. The van der Waals surface area contributed by atoms with Gasteiger partial charge in [0.25, 0.3) is 0 Å². The Labute approximate surface area is 118 Å². The van der Waals surface area contributed by atoms with Gasteiger partial charge >= 0.3 is 12.0 Å². The first-order valence-corrected chi connectivity index (χ1v) is 6.79. The summed E-state index contributed by atoms with van der Waals surface area (Å²) in [6, 6.07) is -0.614. The summed E-state index contributed by atoms with van der Waals surface area (Å²) in [4.78, 5) is 36.1. The Morgan fingerprint density at radius 3 is 2.45 bits per heavy atom. The van der Waals surface area contributed by atoms with E-state index in [0.29, 0.717) is 6.42 Å². The SMILES string of the molecule is CC1CCCCC1(NC(=O)NCC(=O)N(C)C)C(=O)O. The van der Waals surface area contributed by atoms with Gasteiger partial charge < -0.3 is 20.6 Å². The molecule has 0 bridgehead atoms. The second-order valence-electron chi connectivity index (χ2n) is 5.52. The van der Waals surface area contributed by atoms with Gasteiger partial charge in [-0.15, -0.1) is 0 Å².